The van der Waals surface area contributed by atoms with E-state index in [1.807, 2.05) is 13.0 Å². The normalized spacial score (nSPS) is 9.95. The fraction of sp³-hybridized carbons (Fsp3) is 0.188. The third-order valence-electron chi connectivity index (χ3n) is 3.07. The Bertz CT molecular complexity index is 733. The number of rotatable bonds is 4. The van der Waals surface area contributed by atoms with Crippen LogP contribution in [0.25, 0.3) is 0 Å². The molecule has 0 aliphatic carbocycles. The Morgan fingerprint density at radius 1 is 1.38 bits per heavy atom. The van der Waals surface area contributed by atoms with Crippen LogP contribution in [0.4, 0.5) is 5.82 Å². The molecule has 1 aromatic heterocycles. The van der Waals surface area contributed by atoms with Crippen LogP contribution in [0.2, 0.25) is 0 Å². The molecule has 1 aromatic carbocycles. The molecule has 106 valence electrons. The SMILES string of the molecule is Cc1cc(C)c(C(=O)O)c(NCc2cccc(C#N)c2)n1. The molecule has 5 heteroatoms. The number of carboxylic acids is 1. The first-order chi connectivity index (χ1) is 10.0. The van der Waals surface area contributed by atoms with Crippen LogP contribution in [-0.4, -0.2) is 16.1 Å². The van der Waals surface area contributed by atoms with Gasteiger partial charge in [-0.25, -0.2) is 9.78 Å². The lowest BCUT2D eigenvalue weighted by molar-refractivity contribution is 0.0697. The van der Waals surface area contributed by atoms with Gasteiger partial charge in [0.2, 0.25) is 0 Å². The van der Waals surface area contributed by atoms with Gasteiger partial charge >= 0.3 is 5.97 Å². The van der Waals surface area contributed by atoms with E-state index in [4.69, 9.17) is 5.26 Å². The molecule has 0 saturated heterocycles. The van der Waals surface area contributed by atoms with Gasteiger partial charge in [-0.15, -0.1) is 0 Å². The molecule has 0 atom stereocenters. The topological polar surface area (TPSA) is 86.0 Å². The standard InChI is InChI=1S/C16H15N3O2/c1-10-6-11(2)19-15(14(10)16(20)21)18-9-13-5-3-4-12(7-13)8-17/h3-7H,9H2,1-2H3,(H,18,19)(H,20,21). The van der Waals surface area contributed by atoms with Gasteiger partial charge < -0.3 is 10.4 Å². The van der Waals surface area contributed by atoms with Crippen LogP contribution >= 0.6 is 0 Å². The van der Waals surface area contributed by atoms with Crippen molar-refractivity contribution in [1.29, 1.82) is 5.26 Å². The molecular formula is C16H15N3O2. The number of pyridine rings is 1. The monoisotopic (exact) mass is 281 g/mol. The molecule has 21 heavy (non-hydrogen) atoms. The van der Waals surface area contributed by atoms with Crippen molar-refractivity contribution < 1.29 is 9.90 Å². The molecule has 0 saturated carbocycles. The fourth-order valence-electron chi connectivity index (χ4n) is 2.17. The maximum Gasteiger partial charge on any atom is 0.339 e. The molecule has 0 aliphatic heterocycles. The molecule has 1 heterocycles. The Labute approximate surface area is 122 Å². The summed E-state index contributed by atoms with van der Waals surface area (Å²) >= 11 is 0. The number of nitrogens with zero attached hydrogens (tertiary/aromatic N) is 2. The van der Waals surface area contributed by atoms with Crippen LogP contribution < -0.4 is 5.32 Å². The zero-order valence-corrected chi connectivity index (χ0v) is 11.8. The van der Waals surface area contributed by atoms with E-state index >= 15 is 0 Å². The number of anilines is 1. The van der Waals surface area contributed by atoms with Crippen LogP contribution in [0.5, 0.6) is 0 Å². The number of nitrogens with one attached hydrogen (secondary N) is 1. The van der Waals surface area contributed by atoms with Crippen LogP contribution in [0.15, 0.2) is 30.3 Å². The summed E-state index contributed by atoms with van der Waals surface area (Å²) in [6.07, 6.45) is 0. The van der Waals surface area contributed by atoms with E-state index < -0.39 is 5.97 Å². The molecule has 2 aromatic rings. The maximum absolute atomic E-state index is 11.3. The minimum absolute atomic E-state index is 0.178. The molecular weight excluding hydrogens is 266 g/mol. The Balaban J connectivity index is 2.27. The Morgan fingerprint density at radius 2 is 2.14 bits per heavy atom. The lowest BCUT2D eigenvalue weighted by atomic mass is 10.1. The van der Waals surface area contributed by atoms with Gasteiger partial charge in [0, 0.05) is 12.2 Å². The van der Waals surface area contributed by atoms with Crippen molar-refractivity contribution in [1.82, 2.24) is 4.98 Å². The van der Waals surface area contributed by atoms with Gasteiger partial charge in [-0.2, -0.15) is 5.26 Å². The first-order valence-electron chi connectivity index (χ1n) is 6.45. The minimum Gasteiger partial charge on any atom is -0.478 e. The summed E-state index contributed by atoms with van der Waals surface area (Å²) < 4.78 is 0. The molecule has 0 bridgehead atoms. The van der Waals surface area contributed by atoms with Crippen LogP contribution in [-0.2, 0) is 6.54 Å². The molecule has 2 N–H and O–H groups in total. The maximum atomic E-state index is 11.3. The first kappa shape index (κ1) is 14.5. The summed E-state index contributed by atoms with van der Waals surface area (Å²) in [5.41, 5.74) is 3.07. The predicted molar refractivity (Wildman–Crippen MR) is 79.2 cm³/mol. The second-order valence-electron chi connectivity index (χ2n) is 4.78. The highest BCUT2D eigenvalue weighted by molar-refractivity contribution is 5.94. The average molecular weight is 281 g/mol. The van der Waals surface area contributed by atoms with Crippen molar-refractivity contribution in [3.63, 3.8) is 0 Å². The van der Waals surface area contributed by atoms with Crippen LogP contribution in [0, 0.1) is 25.2 Å². The van der Waals surface area contributed by atoms with Gasteiger partial charge in [-0.05, 0) is 43.2 Å². The van der Waals surface area contributed by atoms with E-state index in [9.17, 15) is 9.90 Å². The summed E-state index contributed by atoms with van der Waals surface area (Å²) in [5.74, 6) is -0.657. The molecule has 0 fully saturated rings. The van der Waals surface area contributed by atoms with Gasteiger partial charge in [-0.1, -0.05) is 12.1 Å². The third kappa shape index (κ3) is 3.37. The summed E-state index contributed by atoms with van der Waals surface area (Å²) in [6, 6.07) is 11.0. The molecule has 0 unspecified atom stereocenters. The Morgan fingerprint density at radius 3 is 2.81 bits per heavy atom. The fourth-order valence-corrected chi connectivity index (χ4v) is 2.17. The largest absolute Gasteiger partial charge is 0.478 e. The van der Waals surface area contributed by atoms with Crippen LogP contribution in [0.1, 0.15) is 32.7 Å². The van der Waals surface area contributed by atoms with Crippen molar-refractivity contribution in [2.24, 2.45) is 0 Å². The number of aromatic carboxylic acids is 1. The quantitative estimate of drug-likeness (QED) is 0.900. The van der Waals surface area contributed by atoms with E-state index in [1.165, 1.54) is 0 Å². The summed E-state index contributed by atoms with van der Waals surface area (Å²) in [4.78, 5) is 15.6. The van der Waals surface area contributed by atoms with Crippen molar-refractivity contribution in [3.05, 3.63) is 58.3 Å². The zero-order chi connectivity index (χ0) is 15.4. The minimum atomic E-state index is -1.01. The Kier molecular flexibility index (Phi) is 4.19. The number of aromatic nitrogens is 1. The number of benzene rings is 1. The van der Waals surface area contributed by atoms with Crippen molar-refractivity contribution in [2.45, 2.75) is 20.4 Å². The van der Waals surface area contributed by atoms with Gasteiger partial charge in [0.15, 0.2) is 0 Å². The van der Waals surface area contributed by atoms with Gasteiger partial charge in [-0.3, -0.25) is 0 Å². The highest BCUT2D eigenvalue weighted by Gasteiger charge is 2.15. The van der Waals surface area contributed by atoms with Gasteiger partial charge in [0.05, 0.1) is 11.6 Å². The molecule has 5 nitrogen and oxygen atoms in total. The van der Waals surface area contributed by atoms with Gasteiger partial charge in [0.25, 0.3) is 0 Å². The van der Waals surface area contributed by atoms with Crippen molar-refractivity contribution in [3.8, 4) is 6.07 Å². The molecule has 2 rings (SSSR count). The lowest BCUT2D eigenvalue weighted by Gasteiger charge is -2.12. The van der Waals surface area contributed by atoms with Crippen LogP contribution in [0.3, 0.4) is 0 Å². The second kappa shape index (κ2) is 6.06. The lowest BCUT2D eigenvalue weighted by Crippen LogP contribution is -2.11. The second-order valence-corrected chi connectivity index (χ2v) is 4.78. The van der Waals surface area contributed by atoms with E-state index in [0.717, 1.165) is 11.3 Å². The highest BCUT2D eigenvalue weighted by Crippen LogP contribution is 2.19. The summed E-state index contributed by atoms with van der Waals surface area (Å²) in [6.45, 7) is 3.98. The summed E-state index contributed by atoms with van der Waals surface area (Å²) in [7, 11) is 0. The zero-order valence-electron chi connectivity index (χ0n) is 11.8. The van der Waals surface area contributed by atoms with E-state index in [1.54, 1.807) is 31.2 Å². The first-order valence-corrected chi connectivity index (χ1v) is 6.45. The van der Waals surface area contributed by atoms with E-state index in [-0.39, 0.29) is 5.56 Å². The number of carboxylic acid groups (broad SMARTS) is 1. The van der Waals surface area contributed by atoms with E-state index in [2.05, 4.69) is 16.4 Å². The number of nitriles is 1. The van der Waals surface area contributed by atoms with Crippen molar-refractivity contribution >= 4 is 11.8 Å². The predicted octanol–water partition coefficient (Wildman–Crippen LogP) is 2.88. The molecule has 0 aliphatic rings. The molecule has 0 spiro atoms. The molecule has 0 radical (unpaired) electrons. The van der Waals surface area contributed by atoms with E-state index in [0.29, 0.717) is 23.5 Å². The number of carbonyl (C=O) groups is 1. The smallest absolute Gasteiger partial charge is 0.339 e. The number of hydrogen-bond acceptors (Lipinski definition) is 4. The average Bonchev–Trinajstić information content (AvgIpc) is 2.44. The molecule has 0 amide bonds. The highest BCUT2D eigenvalue weighted by atomic mass is 16.4. The van der Waals surface area contributed by atoms with Gasteiger partial charge in [0.1, 0.15) is 11.4 Å². The Hall–Kier alpha value is -2.87. The third-order valence-corrected chi connectivity index (χ3v) is 3.07. The number of hydrogen-bond donors (Lipinski definition) is 2. The van der Waals surface area contributed by atoms with Crippen molar-refractivity contribution in [2.75, 3.05) is 5.32 Å². The number of aryl methyl sites for hydroxylation is 2. The summed E-state index contributed by atoms with van der Waals surface area (Å²) in [5, 5.41) is 21.2.